The number of aromatic nitrogens is 4. The zero-order chi connectivity index (χ0) is 72.4. The molecule has 0 radical (unpaired) electrons. The molecule has 0 aliphatic heterocycles. The Morgan fingerprint density at radius 2 is 0.505 bits per heavy atom. The van der Waals surface area contributed by atoms with Gasteiger partial charge in [0, 0.05) is 104 Å². The van der Waals surface area contributed by atoms with Gasteiger partial charge in [-0.1, -0.05) is 206 Å². The quantitative estimate of drug-likeness (QED) is 0.0915. The van der Waals surface area contributed by atoms with Crippen LogP contribution in [0.5, 0.6) is 23.0 Å². The molecular weight excluding hydrogens is 1420 g/mol. The summed E-state index contributed by atoms with van der Waals surface area (Å²) in [5, 5.41) is 63.5. The number of fused-ring (bicyclic) bond motifs is 12. The number of nitrogens with zero attached hydrogens (tertiary/aromatic N) is 6. The van der Waals surface area contributed by atoms with Gasteiger partial charge in [-0.3, -0.25) is 0 Å². The van der Waals surface area contributed by atoms with Crippen LogP contribution in [0.15, 0.2) is 291 Å². The van der Waals surface area contributed by atoms with Gasteiger partial charge in [0.25, 0.3) is 0 Å². The summed E-state index contributed by atoms with van der Waals surface area (Å²) in [7, 11) is 3.36. The van der Waals surface area contributed by atoms with E-state index in [-0.39, 0.29) is 64.1 Å². The summed E-state index contributed by atoms with van der Waals surface area (Å²) in [5.74, 6) is 0.150. The molecule has 0 spiro atoms. The van der Waals surface area contributed by atoms with Crippen molar-refractivity contribution >= 4 is 110 Å². The molecule has 4 aromatic heterocycles. The number of ether oxygens (including phenoxy) is 2. The number of aromatic hydroxyl groups is 2. The van der Waals surface area contributed by atoms with Gasteiger partial charge < -0.3 is 72.8 Å². The Morgan fingerprint density at radius 1 is 0.284 bits per heavy atom. The molecule has 0 amide bonds. The van der Waals surface area contributed by atoms with Crippen molar-refractivity contribution < 1.29 is 56.1 Å². The largest absolute Gasteiger partial charge is 4.00 e. The number of phenols is 2. The van der Waals surface area contributed by atoms with E-state index in [1.165, 1.54) is 0 Å². The number of benzene rings is 14. The van der Waals surface area contributed by atoms with Crippen molar-refractivity contribution in [3.8, 4) is 68.0 Å². The van der Waals surface area contributed by atoms with Crippen molar-refractivity contribution in [2.45, 2.75) is 27.7 Å². The van der Waals surface area contributed by atoms with Gasteiger partial charge in [0.05, 0.1) is 80.1 Å². The van der Waals surface area contributed by atoms with Gasteiger partial charge in [-0.05, 0) is 158 Å². The molecule has 109 heavy (non-hydrogen) atoms. The van der Waals surface area contributed by atoms with Crippen molar-refractivity contribution in [1.29, 1.82) is 0 Å². The van der Waals surface area contributed by atoms with Crippen LogP contribution in [0.25, 0.3) is 132 Å². The van der Waals surface area contributed by atoms with E-state index in [4.69, 9.17) is 9.47 Å². The van der Waals surface area contributed by atoms with Crippen LogP contribution in [0.2, 0.25) is 0 Å². The summed E-state index contributed by atoms with van der Waals surface area (Å²) in [6, 6.07) is 98.1. The summed E-state index contributed by atoms with van der Waals surface area (Å²) in [6.45, 7) is 9.86. The number of anilines is 4. The maximum absolute atomic E-state index is 14.9. The molecule has 0 atom stereocenters. The minimum Gasteiger partial charge on any atom is -0.871 e. The van der Waals surface area contributed by atoms with Crippen LogP contribution in [0.3, 0.4) is 0 Å². The minimum absolute atomic E-state index is 0. The van der Waals surface area contributed by atoms with Gasteiger partial charge in [-0.25, -0.2) is 0 Å². The normalized spacial score (nSPS) is 11.4. The van der Waals surface area contributed by atoms with Crippen LogP contribution in [0.4, 0.5) is 22.7 Å². The molecular formula is C96H82N6O6Zr. The molecule has 0 unspecified atom stereocenters. The van der Waals surface area contributed by atoms with E-state index in [2.05, 4.69) is 139 Å². The molecule has 2 N–H and O–H groups in total. The number of hydrogen-bond acceptors (Lipinski definition) is 8. The Labute approximate surface area is 654 Å². The first-order valence-electron chi connectivity index (χ1n) is 35.9. The second-order valence-electron chi connectivity index (χ2n) is 27.4. The molecule has 0 saturated carbocycles. The summed E-state index contributed by atoms with van der Waals surface area (Å²) in [5.41, 5.74) is 20.1. The third kappa shape index (κ3) is 12.7. The average Bonchev–Trinajstić information content (AvgIpc) is 1.64. The van der Waals surface area contributed by atoms with E-state index < -0.39 is 0 Å². The first kappa shape index (κ1) is 73.8. The number of rotatable bonds is 16. The van der Waals surface area contributed by atoms with E-state index in [1.54, 1.807) is 14.2 Å². The number of phenolic OH excluding ortho intramolecular Hbond substituents is 2. The van der Waals surface area contributed by atoms with Gasteiger partial charge in [0.2, 0.25) is 0 Å². The van der Waals surface area contributed by atoms with Crippen molar-refractivity contribution in [3.05, 3.63) is 328 Å². The third-order valence-corrected chi connectivity index (χ3v) is 20.7. The smallest absolute Gasteiger partial charge is 0.871 e. The molecule has 4 heterocycles. The molecule has 0 saturated heterocycles. The number of para-hydroxylation sites is 10. The molecule has 13 heteroatoms. The second kappa shape index (κ2) is 30.6. The third-order valence-electron chi connectivity index (χ3n) is 20.7. The summed E-state index contributed by atoms with van der Waals surface area (Å²) in [4.78, 5) is 4.17. The van der Waals surface area contributed by atoms with Gasteiger partial charge in [-0.15, -0.1) is 0 Å². The Balaban J connectivity index is 0.000000177. The topological polar surface area (TPSA) is 131 Å². The predicted molar refractivity (Wildman–Crippen MR) is 446 cm³/mol. The van der Waals surface area contributed by atoms with Crippen molar-refractivity contribution in [1.82, 2.24) is 18.3 Å². The van der Waals surface area contributed by atoms with E-state index in [0.29, 0.717) is 71.6 Å². The maximum atomic E-state index is 14.9. The van der Waals surface area contributed by atoms with Crippen LogP contribution in [0, 0.1) is 42.5 Å². The van der Waals surface area contributed by atoms with Crippen LogP contribution in [-0.4, -0.2) is 69.0 Å². The van der Waals surface area contributed by atoms with Gasteiger partial charge in [0.15, 0.2) is 11.5 Å². The Bertz CT molecular complexity index is 5880. The molecule has 0 aliphatic carbocycles. The number of aryl methyl sites for hydroxylation is 4. The first-order valence-corrected chi connectivity index (χ1v) is 35.9. The molecule has 18 aromatic rings. The summed E-state index contributed by atoms with van der Waals surface area (Å²) >= 11 is 0. The van der Waals surface area contributed by atoms with Crippen LogP contribution < -0.4 is 20.0 Å². The molecule has 12 nitrogen and oxygen atoms in total. The zero-order valence-corrected chi connectivity index (χ0v) is 64.7. The predicted octanol–water partition coefficient (Wildman–Crippen LogP) is 22.4. The summed E-state index contributed by atoms with van der Waals surface area (Å²) < 4.78 is 19.8. The van der Waals surface area contributed by atoms with Crippen molar-refractivity contribution in [2.24, 2.45) is 0 Å². The Kier molecular flexibility index (Phi) is 20.7. The van der Waals surface area contributed by atoms with Crippen molar-refractivity contribution in [3.63, 3.8) is 0 Å². The fourth-order valence-electron chi connectivity index (χ4n) is 16.2. The average molecular weight is 1510 g/mol. The molecule has 14 aromatic carbocycles. The summed E-state index contributed by atoms with van der Waals surface area (Å²) in [6.07, 6.45) is 0. The molecule has 536 valence electrons. The van der Waals surface area contributed by atoms with E-state index in [1.807, 2.05) is 208 Å². The molecule has 0 aliphatic rings. The molecule has 18 rings (SSSR count). The fraction of sp³-hybridized carbons (Fsp3) is 0.104. The monoisotopic (exact) mass is 1500 g/mol. The Hall–Kier alpha value is -12.1. The standard InChI is InChI=1S/2C47H39N3O3.2CH3.Zr/c2*1-30-26-37(46(51)44(28-30)49-39-20-10-5-14-32(39)33-15-6-11-21-40(33)49)36-18-4-9-19-38(36)48(24-25-53-3)43-27-31(2)29-45(47(43)52)50-41-22-12-7-16-34(41)35-17-8-13-23-42(35)50;;;/h2*4-23,26-29,51-52H,24-25H2,1-3H3;2*1H3;/q;;2*-1;+4/p-2. The van der Waals surface area contributed by atoms with E-state index in [9.17, 15) is 20.4 Å². The van der Waals surface area contributed by atoms with E-state index in [0.717, 1.165) is 132 Å². The second-order valence-corrected chi connectivity index (χ2v) is 27.4. The number of hydrogen-bond donors (Lipinski definition) is 2. The van der Waals surface area contributed by atoms with E-state index >= 15 is 0 Å². The van der Waals surface area contributed by atoms with Gasteiger partial charge in [-0.2, -0.15) is 0 Å². The first-order chi connectivity index (χ1) is 51.9. The maximum Gasteiger partial charge on any atom is 4.00 e. The Morgan fingerprint density at radius 3 is 0.771 bits per heavy atom. The van der Waals surface area contributed by atoms with Crippen LogP contribution in [-0.2, 0) is 35.7 Å². The zero-order valence-electron chi connectivity index (χ0n) is 62.3. The molecule has 0 fully saturated rings. The SMILES string of the molecule is COCCN(c1ccccc1-c1cc(C)cc(-n2c3ccccc3c3ccccc32)c1[O-])c1cc(C)cc(-n2c3ccccc3c3ccccc32)c1O.COCCN(c1ccccc1-c1cc(C)cc(-n2c3ccccc3c3ccccc32)c1[O-])c1cc(C)cc(-n2c3ccccc3c3ccccc32)c1O.[CH3-].[CH3-].[Zr+4]. The molecule has 0 bridgehead atoms. The van der Waals surface area contributed by atoms with Crippen LogP contribution >= 0.6 is 0 Å². The fourth-order valence-corrected chi connectivity index (χ4v) is 16.2. The minimum atomic E-state index is -0.0688. The van der Waals surface area contributed by atoms with Crippen molar-refractivity contribution in [2.75, 3.05) is 50.3 Å². The van der Waals surface area contributed by atoms with Gasteiger partial charge >= 0.3 is 26.2 Å². The number of methoxy groups -OCH3 is 2. The van der Waals surface area contributed by atoms with Gasteiger partial charge in [0.1, 0.15) is 0 Å². The van der Waals surface area contributed by atoms with Crippen LogP contribution in [0.1, 0.15) is 22.3 Å².